The Morgan fingerprint density at radius 1 is 1.35 bits per heavy atom. The number of benzene rings is 1. The van der Waals surface area contributed by atoms with Crippen LogP contribution in [0.3, 0.4) is 0 Å². The van der Waals surface area contributed by atoms with Crippen LogP contribution in [0.5, 0.6) is 0 Å². The first-order valence-corrected chi connectivity index (χ1v) is 6.68. The smallest absolute Gasteiger partial charge is 0.415 e. The van der Waals surface area contributed by atoms with E-state index in [1.54, 1.807) is 6.07 Å². The Morgan fingerprint density at radius 3 is 2.40 bits per heavy atom. The Bertz CT molecular complexity index is 536. The Balaban J connectivity index is 3.25. The second-order valence-electron chi connectivity index (χ2n) is 6.08. The number of hydrogen-bond donors (Lipinski definition) is 0. The fourth-order valence-corrected chi connectivity index (χ4v) is 1.83. The molecule has 4 nitrogen and oxygen atoms in total. The lowest BCUT2D eigenvalue weighted by atomic mass is 10.1. The van der Waals surface area contributed by atoms with Crippen LogP contribution in [-0.4, -0.2) is 17.7 Å². The molecule has 0 aliphatic rings. The molecule has 0 heterocycles. The molecule has 1 rings (SSSR count). The van der Waals surface area contributed by atoms with E-state index in [0.29, 0.717) is 11.3 Å². The fraction of sp³-hybridized carbons (Fsp3) is 0.500. The van der Waals surface area contributed by atoms with E-state index in [1.165, 1.54) is 4.90 Å². The normalized spacial score (nSPS) is 11.1. The third kappa shape index (κ3) is 3.99. The molecule has 0 aliphatic carbocycles. The Kier molecular flexibility index (Phi) is 4.78. The molecule has 1 amide bonds. The summed E-state index contributed by atoms with van der Waals surface area (Å²) in [5, 5.41) is 9.23. The Labute approximate surface area is 121 Å². The molecule has 0 atom stereocenters. The van der Waals surface area contributed by atoms with E-state index >= 15 is 0 Å². The molecular formula is C16H22N2O2. The predicted octanol–water partition coefficient (Wildman–Crippen LogP) is 4.02. The van der Waals surface area contributed by atoms with Gasteiger partial charge in [0.1, 0.15) is 11.7 Å². The van der Waals surface area contributed by atoms with Crippen molar-refractivity contribution in [2.45, 2.75) is 53.2 Å². The minimum Gasteiger partial charge on any atom is -0.443 e. The van der Waals surface area contributed by atoms with Crippen LogP contribution in [0.1, 0.15) is 45.7 Å². The summed E-state index contributed by atoms with van der Waals surface area (Å²) in [6.07, 6.45) is -0.436. The van der Waals surface area contributed by atoms with E-state index in [4.69, 9.17) is 4.74 Å². The zero-order valence-corrected chi connectivity index (χ0v) is 13.0. The van der Waals surface area contributed by atoms with Crippen molar-refractivity contribution < 1.29 is 9.53 Å². The minimum atomic E-state index is -0.569. The van der Waals surface area contributed by atoms with Crippen LogP contribution in [0.25, 0.3) is 0 Å². The highest BCUT2D eigenvalue weighted by molar-refractivity contribution is 5.90. The van der Waals surface area contributed by atoms with Crippen molar-refractivity contribution in [3.8, 4) is 6.07 Å². The first-order valence-electron chi connectivity index (χ1n) is 6.68. The highest BCUT2D eigenvalue weighted by Gasteiger charge is 2.27. The maximum Gasteiger partial charge on any atom is 0.415 e. The van der Waals surface area contributed by atoms with Crippen LogP contribution in [0, 0.1) is 18.3 Å². The van der Waals surface area contributed by atoms with Crippen LogP contribution >= 0.6 is 0 Å². The van der Waals surface area contributed by atoms with Gasteiger partial charge in [0.2, 0.25) is 0 Å². The highest BCUT2D eigenvalue weighted by atomic mass is 16.6. The average Bonchev–Trinajstić information content (AvgIpc) is 2.26. The van der Waals surface area contributed by atoms with E-state index in [-0.39, 0.29) is 6.04 Å². The second kappa shape index (κ2) is 5.96. The lowest BCUT2D eigenvalue weighted by Gasteiger charge is -2.30. The number of carbonyl (C=O) groups excluding carboxylic acids is 1. The molecule has 0 radical (unpaired) electrons. The van der Waals surface area contributed by atoms with Gasteiger partial charge in [0.15, 0.2) is 0 Å². The van der Waals surface area contributed by atoms with E-state index in [0.717, 1.165) is 5.56 Å². The molecule has 108 valence electrons. The zero-order valence-electron chi connectivity index (χ0n) is 13.0. The van der Waals surface area contributed by atoms with E-state index < -0.39 is 11.7 Å². The van der Waals surface area contributed by atoms with Crippen LogP contribution in [-0.2, 0) is 4.74 Å². The summed E-state index contributed by atoms with van der Waals surface area (Å²) in [5.74, 6) is 0. The standard InChI is InChI=1S/C16H22N2O2/c1-11(2)18(15(19)20-16(4,5)6)14-9-12(3)7-8-13(14)10-17/h7-9,11H,1-6H3. The molecule has 0 N–H and O–H groups in total. The number of amides is 1. The molecule has 0 fully saturated rings. The van der Waals surface area contributed by atoms with E-state index in [9.17, 15) is 10.1 Å². The van der Waals surface area contributed by atoms with Crippen molar-refractivity contribution in [3.63, 3.8) is 0 Å². The van der Waals surface area contributed by atoms with Gasteiger partial charge in [-0.25, -0.2) is 4.79 Å². The monoisotopic (exact) mass is 274 g/mol. The van der Waals surface area contributed by atoms with Crippen molar-refractivity contribution in [1.29, 1.82) is 5.26 Å². The van der Waals surface area contributed by atoms with Crippen LogP contribution in [0.15, 0.2) is 18.2 Å². The Hall–Kier alpha value is -2.02. The Morgan fingerprint density at radius 2 is 1.95 bits per heavy atom. The maximum atomic E-state index is 12.4. The summed E-state index contributed by atoms with van der Waals surface area (Å²) in [6.45, 7) is 11.2. The van der Waals surface area contributed by atoms with E-state index in [1.807, 2.05) is 53.7 Å². The SMILES string of the molecule is Cc1ccc(C#N)c(N(C(=O)OC(C)(C)C)C(C)C)c1. The third-order valence-electron chi connectivity index (χ3n) is 2.64. The van der Waals surface area contributed by atoms with Gasteiger partial charge in [-0.05, 0) is 59.2 Å². The molecule has 4 heteroatoms. The number of anilines is 1. The molecule has 20 heavy (non-hydrogen) atoms. The molecule has 1 aromatic carbocycles. The summed E-state index contributed by atoms with van der Waals surface area (Å²) in [5.41, 5.74) is 1.49. The van der Waals surface area contributed by atoms with Crippen molar-refractivity contribution in [1.82, 2.24) is 0 Å². The minimum absolute atomic E-state index is 0.0984. The lowest BCUT2D eigenvalue weighted by molar-refractivity contribution is 0.0570. The van der Waals surface area contributed by atoms with Gasteiger partial charge in [0, 0.05) is 6.04 Å². The van der Waals surface area contributed by atoms with Crippen molar-refractivity contribution >= 4 is 11.8 Å². The summed E-state index contributed by atoms with van der Waals surface area (Å²) in [7, 11) is 0. The summed E-state index contributed by atoms with van der Waals surface area (Å²) < 4.78 is 5.43. The molecule has 0 bridgehead atoms. The molecule has 0 spiro atoms. The number of nitrogens with zero attached hydrogens (tertiary/aromatic N) is 2. The maximum absolute atomic E-state index is 12.4. The second-order valence-corrected chi connectivity index (χ2v) is 6.08. The molecule has 0 aromatic heterocycles. The summed E-state index contributed by atoms with van der Waals surface area (Å²) in [4.78, 5) is 13.9. The zero-order chi connectivity index (χ0) is 15.5. The summed E-state index contributed by atoms with van der Waals surface area (Å²) in [6, 6.07) is 7.45. The summed E-state index contributed by atoms with van der Waals surface area (Å²) >= 11 is 0. The number of hydrogen-bond acceptors (Lipinski definition) is 3. The van der Waals surface area contributed by atoms with Gasteiger partial charge < -0.3 is 4.74 Å². The van der Waals surface area contributed by atoms with Gasteiger partial charge in [-0.3, -0.25) is 4.90 Å². The number of carbonyl (C=O) groups is 1. The highest BCUT2D eigenvalue weighted by Crippen LogP contribution is 2.25. The van der Waals surface area contributed by atoms with Crippen LogP contribution in [0.4, 0.5) is 10.5 Å². The van der Waals surface area contributed by atoms with Crippen molar-refractivity contribution in [2.75, 3.05) is 4.90 Å². The van der Waals surface area contributed by atoms with Gasteiger partial charge in [0.05, 0.1) is 11.3 Å². The van der Waals surface area contributed by atoms with E-state index in [2.05, 4.69) is 6.07 Å². The fourth-order valence-electron chi connectivity index (χ4n) is 1.83. The number of rotatable bonds is 2. The predicted molar refractivity (Wildman–Crippen MR) is 79.7 cm³/mol. The number of aryl methyl sites for hydroxylation is 1. The average molecular weight is 274 g/mol. The first kappa shape index (κ1) is 16.0. The third-order valence-corrected chi connectivity index (χ3v) is 2.64. The van der Waals surface area contributed by atoms with Crippen LogP contribution < -0.4 is 4.90 Å². The number of nitriles is 1. The van der Waals surface area contributed by atoms with Crippen molar-refractivity contribution in [3.05, 3.63) is 29.3 Å². The van der Waals surface area contributed by atoms with Gasteiger partial charge >= 0.3 is 6.09 Å². The largest absolute Gasteiger partial charge is 0.443 e. The molecular weight excluding hydrogens is 252 g/mol. The quantitative estimate of drug-likeness (QED) is 0.818. The van der Waals surface area contributed by atoms with Crippen LogP contribution in [0.2, 0.25) is 0 Å². The van der Waals surface area contributed by atoms with Gasteiger partial charge in [-0.1, -0.05) is 6.07 Å². The molecule has 0 saturated carbocycles. The van der Waals surface area contributed by atoms with Crippen molar-refractivity contribution in [2.24, 2.45) is 0 Å². The molecule has 0 unspecified atom stereocenters. The van der Waals surface area contributed by atoms with Gasteiger partial charge in [-0.15, -0.1) is 0 Å². The molecule has 0 aliphatic heterocycles. The topological polar surface area (TPSA) is 53.3 Å². The van der Waals surface area contributed by atoms with Gasteiger partial charge in [0.25, 0.3) is 0 Å². The lowest BCUT2D eigenvalue weighted by Crippen LogP contribution is -2.41. The van der Waals surface area contributed by atoms with Gasteiger partial charge in [-0.2, -0.15) is 5.26 Å². The number of ether oxygens (including phenoxy) is 1. The molecule has 0 saturated heterocycles. The molecule has 1 aromatic rings. The first-order chi connectivity index (χ1) is 9.15.